The maximum Gasteiger partial charge on any atom is 0.410 e. The first-order chi connectivity index (χ1) is 12.7. The van der Waals surface area contributed by atoms with Crippen LogP contribution in [0.1, 0.15) is 17.2 Å². The number of rotatable bonds is 5. The van der Waals surface area contributed by atoms with E-state index in [1.165, 1.54) is 12.7 Å². The largest absolute Gasteiger partial charge is 0.453 e. The molecular formula is C19H20N4O2S. The van der Waals surface area contributed by atoms with Crippen molar-refractivity contribution in [2.75, 3.05) is 19.4 Å². The SMILES string of the molecule is COC(=O)N1[C@H](CN=[N+]=[N-])Cc2ccccc2[C@@H]1CSc1ccccc1. The monoisotopic (exact) mass is 368 g/mol. The summed E-state index contributed by atoms with van der Waals surface area (Å²) in [7, 11) is 1.38. The quantitative estimate of drug-likeness (QED) is 0.328. The van der Waals surface area contributed by atoms with Gasteiger partial charge >= 0.3 is 6.09 Å². The van der Waals surface area contributed by atoms with Crippen LogP contribution < -0.4 is 0 Å². The minimum Gasteiger partial charge on any atom is -0.453 e. The van der Waals surface area contributed by atoms with Gasteiger partial charge in [0.1, 0.15) is 0 Å². The molecule has 2 aromatic carbocycles. The molecule has 2 atom stereocenters. The van der Waals surface area contributed by atoms with Gasteiger partial charge in [-0.2, -0.15) is 0 Å². The van der Waals surface area contributed by atoms with Crippen LogP contribution in [0.3, 0.4) is 0 Å². The molecule has 0 aliphatic carbocycles. The summed E-state index contributed by atoms with van der Waals surface area (Å²) in [6, 6.07) is 17.9. The first-order valence-electron chi connectivity index (χ1n) is 8.37. The molecule has 1 amide bonds. The molecule has 26 heavy (non-hydrogen) atoms. The summed E-state index contributed by atoms with van der Waals surface area (Å²) >= 11 is 1.70. The number of nitrogens with zero attached hydrogens (tertiary/aromatic N) is 4. The Morgan fingerprint density at radius 1 is 1.27 bits per heavy atom. The van der Waals surface area contributed by atoms with Gasteiger partial charge in [-0.1, -0.05) is 47.6 Å². The van der Waals surface area contributed by atoms with E-state index in [9.17, 15) is 4.79 Å². The molecule has 0 radical (unpaired) electrons. The normalized spacial score (nSPS) is 18.6. The van der Waals surface area contributed by atoms with Gasteiger partial charge in [0.15, 0.2) is 0 Å². The molecule has 3 rings (SSSR count). The predicted molar refractivity (Wildman–Crippen MR) is 102 cm³/mol. The molecule has 134 valence electrons. The Labute approximate surface area is 156 Å². The standard InChI is InChI=1S/C19H20N4O2S/c1-25-19(24)23-15(12-21-22-20)11-14-7-5-6-10-17(14)18(23)13-26-16-8-3-2-4-9-16/h2-10,15,18H,11-13H2,1H3/t15-,18-/m0/s1. The van der Waals surface area contributed by atoms with Crippen LogP contribution in [0.15, 0.2) is 64.6 Å². The molecule has 0 N–H and O–H groups in total. The van der Waals surface area contributed by atoms with Crippen molar-refractivity contribution in [1.82, 2.24) is 4.90 Å². The van der Waals surface area contributed by atoms with Gasteiger partial charge in [-0.25, -0.2) is 4.79 Å². The lowest BCUT2D eigenvalue weighted by atomic mass is 9.89. The molecule has 0 bridgehead atoms. The minimum absolute atomic E-state index is 0.142. The summed E-state index contributed by atoms with van der Waals surface area (Å²) in [6.07, 6.45) is 0.257. The van der Waals surface area contributed by atoms with Crippen LogP contribution in [-0.2, 0) is 11.2 Å². The van der Waals surface area contributed by atoms with Gasteiger partial charge in [0.25, 0.3) is 0 Å². The Bertz CT molecular complexity index is 808. The molecule has 0 aromatic heterocycles. The van der Waals surface area contributed by atoms with E-state index in [0.29, 0.717) is 12.2 Å². The van der Waals surface area contributed by atoms with E-state index in [2.05, 4.69) is 34.3 Å². The summed E-state index contributed by atoms with van der Waals surface area (Å²) in [5.74, 6) is 0.697. The van der Waals surface area contributed by atoms with E-state index < -0.39 is 6.09 Å². The maximum atomic E-state index is 12.5. The summed E-state index contributed by atoms with van der Waals surface area (Å²) in [5, 5.41) is 3.71. The van der Waals surface area contributed by atoms with E-state index >= 15 is 0 Å². The molecule has 0 saturated heterocycles. The molecular weight excluding hydrogens is 348 g/mol. The highest BCUT2D eigenvalue weighted by atomic mass is 32.2. The molecule has 0 saturated carbocycles. The lowest BCUT2D eigenvalue weighted by molar-refractivity contribution is 0.0821. The second kappa shape index (κ2) is 8.65. The van der Waals surface area contributed by atoms with E-state index in [4.69, 9.17) is 10.3 Å². The average Bonchev–Trinajstić information content (AvgIpc) is 2.70. The van der Waals surface area contributed by atoms with Gasteiger partial charge in [-0.3, -0.25) is 4.90 Å². The van der Waals surface area contributed by atoms with Crippen LogP contribution in [0.25, 0.3) is 10.4 Å². The van der Waals surface area contributed by atoms with Gasteiger partial charge in [0.05, 0.1) is 13.2 Å². The number of ether oxygens (including phenoxy) is 1. The second-order valence-corrected chi connectivity index (χ2v) is 7.08. The van der Waals surface area contributed by atoms with Gasteiger partial charge in [0, 0.05) is 28.1 Å². The average molecular weight is 368 g/mol. The highest BCUT2D eigenvalue weighted by molar-refractivity contribution is 7.99. The van der Waals surface area contributed by atoms with Crippen LogP contribution in [-0.4, -0.2) is 36.4 Å². The first-order valence-corrected chi connectivity index (χ1v) is 9.36. The fourth-order valence-electron chi connectivity index (χ4n) is 3.33. The van der Waals surface area contributed by atoms with E-state index in [1.807, 2.05) is 30.3 Å². The number of hydrogen-bond donors (Lipinski definition) is 0. The number of benzene rings is 2. The molecule has 0 fully saturated rings. The Hall–Kier alpha value is -2.63. The lowest BCUT2D eigenvalue weighted by Crippen LogP contribution is -2.49. The van der Waals surface area contributed by atoms with Gasteiger partial charge in [-0.15, -0.1) is 11.8 Å². The Morgan fingerprint density at radius 2 is 2.00 bits per heavy atom. The predicted octanol–water partition coefficient (Wildman–Crippen LogP) is 4.82. The first kappa shape index (κ1) is 18.2. The number of azide groups is 1. The Kier molecular flexibility index (Phi) is 6.04. The number of thioether (sulfide) groups is 1. The fourth-order valence-corrected chi connectivity index (χ4v) is 4.37. The number of carbonyl (C=O) groups is 1. The maximum absolute atomic E-state index is 12.5. The van der Waals surface area contributed by atoms with Gasteiger partial charge in [-0.05, 0) is 35.2 Å². The summed E-state index contributed by atoms with van der Waals surface area (Å²) in [6.45, 7) is 0.229. The third kappa shape index (κ3) is 3.95. The summed E-state index contributed by atoms with van der Waals surface area (Å²) < 4.78 is 5.04. The molecule has 0 unspecified atom stereocenters. The number of hydrogen-bond acceptors (Lipinski definition) is 4. The van der Waals surface area contributed by atoms with Crippen molar-refractivity contribution in [3.63, 3.8) is 0 Å². The topological polar surface area (TPSA) is 78.3 Å². The summed E-state index contributed by atoms with van der Waals surface area (Å²) in [4.78, 5) is 18.3. The molecule has 2 aromatic rings. The number of fused-ring (bicyclic) bond motifs is 1. The van der Waals surface area contributed by atoms with Crippen LogP contribution in [0.2, 0.25) is 0 Å². The molecule has 1 aliphatic rings. The van der Waals surface area contributed by atoms with Crippen molar-refractivity contribution in [1.29, 1.82) is 0 Å². The van der Waals surface area contributed by atoms with Crippen LogP contribution in [0.5, 0.6) is 0 Å². The van der Waals surface area contributed by atoms with Crippen LogP contribution >= 0.6 is 11.8 Å². The van der Waals surface area contributed by atoms with Crippen molar-refractivity contribution in [2.24, 2.45) is 5.11 Å². The third-order valence-electron chi connectivity index (χ3n) is 4.49. The Balaban J connectivity index is 1.94. The molecule has 1 heterocycles. The van der Waals surface area contributed by atoms with E-state index in [0.717, 1.165) is 10.5 Å². The van der Waals surface area contributed by atoms with Crippen LogP contribution in [0.4, 0.5) is 4.79 Å². The molecule has 1 aliphatic heterocycles. The zero-order chi connectivity index (χ0) is 18.4. The van der Waals surface area contributed by atoms with Crippen molar-refractivity contribution in [3.8, 4) is 0 Å². The number of methoxy groups -OCH3 is 1. The third-order valence-corrected chi connectivity index (χ3v) is 5.58. The minimum atomic E-state index is -0.392. The van der Waals surface area contributed by atoms with Crippen molar-refractivity contribution < 1.29 is 9.53 Å². The fraction of sp³-hybridized carbons (Fsp3) is 0.316. The molecule has 7 heteroatoms. The number of amides is 1. The van der Waals surface area contributed by atoms with E-state index in [1.54, 1.807) is 16.7 Å². The molecule has 0 spiro atoms. The highest BCUT2D eigenvalue weighted by Gasteiger charge is 2.37. The van der Waals surface area contributed by atoms with E-state index in [-0.39, 0.29) is 18.6 Å². The van der Waals surface area contributed by atoms with Crippen molar-refractivity contribution in [2.45, 2.75) is 23.4 Å². The number of carbonyl (C=O) groups excluding carboxylic acids is 1. The van der Waals surface area contributed by atoms with Crippen molar-refractivity contribution in [3.05, 3.63) is 76.2 Å². The zero-order valence-electron chi connectivity index (χ0n) is 14.5. The lowest BCUT2D eigenvalue weighted by Gasteiger charge is -2.41. The summed E-state index contributed by atoms with van der Waals surface area (Å²) in [5.41, 5.74) is 11.0. The molecule has 6 nitrogen and oxygen atoms in total. The zero-order valence-corrected chi connectivity index (χ0v) is 15.3. The smallest absolute Gasteiger partial charge is 0.410 e. The van der Waals surface area contributed by atoms with Crippen molar-refractivity contribution >= 4 is 17.9 Å². The van der Waals surface area contributed by atoms with Crippen LogP contribution in [0, 0.1) is 0 Å². The van der Waals surface area contributed by atoms with Gasteiger partial charge < -0.3 is 4.74 Å². The Morgan fingerprint density at radius 3 is 2.73 bits per heavy atom. The second-order valence-electron chi connectivity index (χ2n) is 5.99. The van der Waals surface area contributed by atoms with Gasteiger partial charge in [0.2, 0.25) is 0 Å². The highest BCUT2D eigenvalue weighted by Crippen LogP contribution is 2.37.